The number of carbonyl (C=O) groups excluding carboxylic acids is 1. The summed E-state index contributed by atoms with van der Waals surface area (Å²) in [4.78, 5) is 23.2. The molecule has 1 aromatic rings. The average Bonchev–Trinajstić information content (AvgIpc) is 2.82. The Balaban J connectivity index is 2.65. The number of rotatable bonds is 7. The average molecular weight is 269 g/mol. The van der Waals surface area contributed by atoms with Gasteiger partial charge in [-0.3, -0.25) is 4.79 Å². The molecule has 0 saturated heterocycles. The van der Waals surface area contributed by atoms with Gasteiger partial charge in [0.15, 0.2) is 0 Å². The largest absolute Gasteiger partial charge is 0.496 e. The van der Waals surface area contributed by atoms with E-state index in [9.17, 15) is 9.59 Å². The Kier molecular flexibility index (Phi) is 5.38. The summed E-state index contributed by atoms with van der Waals surface area (Å²) in [6.45, 7) is 3.52. The molecule has 0 bridgehead atoms. The zero-order valence-electron chi connectivity index (χ0n) is 10.0. The van der Waals surface area contributed by atoms with E-state index in [1.54, 1.807) is 17.5 Å². The summed E-state index contributed by atoms with van der Waals surface area (Å²) in [5, 5.41) is 13.1. The third-order valence-corrected chi connectivity index (χ3v) is 3.21. The van der Waals surface area contributed by atoms with Crippen LogP contribution in [-0.2, 0) is 4.79 Å². The molecule has 0 aromatic carbocycles. The van der Waals surface area contributed by atoms with E-state index in [0.29, 0.717) is 23.5 Å². The number of carboxylic acid groups (broad SMARTS) is 1. The lowest BCUT2D eigenvalue weighted by Crippen LogP contribution is -2.40. The van der Waals surface area contributed by atoms with E-state index < -0.39 is 17.9 Å². The zero-order valence-corrected chi connectivity index (χ0v) is 10.8. The number of carbonyl (C=O) groups is 2. The maximum Gasteiger partial charge on any atom is 0.326 e. The molecule has 0 radical (unpaired) electrons. The molecule has 6 heteroatoms. The Hall–Kier alpha value is -1.82. The number of thiophene rings is 1. The van der Waals surface area contributed by atoms with Crippen LogP contribution in [0.3, 0.4) is 0 Å². The number of aliphatic carboxylic acids is 1. The second-order valence-electron chi connectivity index (χ2n) is 3.58. The van der Waals surface area contributed by atoms with Gasteiger partial charge < -0.3 is 15.2 Å². The van der Waals surface area contributed by atoms with Crippen molar-refractivity contribution < 1.29 is 19.4 Å². The Morgan fingerprint density at radius 2 is 2.39 bits per heavy atom. The van der Waals surface area contributed by atoms with E-state index in [-0.39, 0.29) is 0 Å². The maximum atomic E-state index is 11.8. The molecule has 0 aliphatic carbocycles. The second kappa shape index (κ2) is 6.80. The van der Waals surface area contributed by atoms with Crippen LogP contribution in [0, 0.1) is 0 Å². The zero-order chi connectivity index (χ0) is 13.5. The number of methoxy groups -OCH3 is 1. The van der Waals surface area contributed by atoms with E-state index in [0.717, 1.165) is 0 Å². The first-order valence-electron chi connectivity index (χ1n) is 5.35. The van der Waals surface area contributed by atoms with Gasteiger partial charge in [-0.1, -0.05) is 6.08 Å². The monoisotopic (exact) mass is 269 g/mol. The van der Waals surface area contributed by atoms with Gasteiger partial charge in [0.25, 0.3) is 5.91 Å². The Morgan fingerprint density at radius 1 is 1.67 bits per heavy atom. The van der Waals surface area contributed by atoms with Gasteiger partial charge >= 0.3 is 5.97 Å². The van der Waals surface area contributed by atoms with Gasteiger partial charge in [0.05, 0.1) is 12.0 Å². The molecule has 1 atom stereocenters. The third-order valence-electron chi connectivity index (χ3n) is 2.30. The normalized spacial score (nSPS) is 11.6. The minimum Gasteiger partial charge on any atom is -0.496 e. The predicted octanol–water partition coefficient (Wildman–Crippen LogP) is 1.91. The molecule has 1 amide bonds. The SMILES string of the molecule is C=CCCC(NC(=O)c1cc(OC)cs1)C(=O)O. The van der Waals surface area contributed by atoms with Crippen molar-refractivity contribution in [1.82, 2.24) is 5.32 Å². The fraction of sp³-hybridized carbons (Fsp3) is 0.333. The lowest BCUT2D eigenvalue weighted by atomic mass is 10.1. The summed E-state index contributed by atoms with van der Waals surface area (Å²) in [5.74, 6) is -0.864. The van der Waals surface area contributed by atoms with Crippen LogP contribution in [-0.4, -0.2) is 30.1 Å². The molecule has 1 rings (SSSR count). The van der Waals surface area contributed by atoms with Gasteiger partial charge in [0.2, 0.25) is 0 Å². The fourth-order valence-corrected chi connectivity index (χ4v) is 2.07. The number of nitrogens with one attached hydrogen (secondary N) is 1. The summed E-state index contributed by atoms with van der Waals surface area (Å²) in [7, 11) is 1.51. The smallest absolute Gasteiger partial charge is 0.326 e. The van der Waals surface area contributed by atoms with Gasteiger partial charge in [0, 0.05) is 11.4 Å². The summed E-state index contributed by atoms with van der Waals surface area (Å²) in [5.41, 5.74) is 0. The van der Waals surface area contributed by atoms with Gasteiger partial charge in [0.1, 0.15) is 11.8 Å². The van der Waals surface area contributed by atoms with Crippen molar-refractivity contribution in [2.75, 3.05) is 7.11 Å². The van der Waals surface area contributed by atoms with Crippen LogP contribution in [0.2, 0.25) is 0 Å². The molecule has 1 aromatic heterocycles. The van der Waals surface area contributed by atoms with E-state index in [4.69, 9.17) is 9.84 Å². The van der Waals surface area contributed by atoms with Gasteiger partial charge in [-0.15, -0.1) is 17.9 Å². The molecule has 0 spiro atoms. The second-order valence-corrected chi connectivity index (χ2v) is 4.49. The highest BCUT2D eigenvalue weighted by Gasteiger charge is 2.20. The standard InChI is InChI=1S/C12H15NO4S/c1-3-4-5-9(12(15)16)13-11(14)10-6-8(17-2)7-18-10/h3,6-7,9H,1,4-5H2,2H3,(H,13,14)(H,15,16). The van der Waals surface area contributed by atoms with Crippen LogP contribution < -0.4 is 10.1 Å². The summed E-state index contributed by atoms with van der Waals surface area (Å²) < 4.78 is 4.96. The van der Waals surface area contributed by atoms with Crippen LogP contribution >= 0.6 is 11.3 Å². The Morgan fingerprint density at radius 3 is 2.89 bits per heavy atom. The molecule has 0 aliphatic heterocycles. The minimum absolute atomic E-state index is 0.326. The topological polar surface area (TPSA) is 75.6 Å². The highest BCUT2D eigenvalue weighted by Crippen LogP contribution is 2.21. The number of allylic oxidation sites excluding steroid dienone is 1. The van der Waals surface area contributed by atoms with Crippen molar-refractivity contribution in [2.24, 2.45) is 0 Å². The van der Waals surface area contributed by atoms with E-state index >= 15 is 0 Å². The van der Waals surface area contributed by atoms with Crippen molar-refractivity contribution in [1.29, 1.82) is 0 Å². The number of amides is 1. The molecular formula is C12H15NO4S. The molecule has 0 saturated carbocycles. The summed E-state index contributed by atoms with van der Waals surface area (Å²) in [6.07, 6.45) is 2.48. The van der Waals surface area contributed by atoms with Gasteiger partial charge in [-0.25, -0.2) is 4.79 Å². The molecule has 1 unspecified atom stereocenters. The maximum absolute atomic E-state index is 11.8. The highest BCUT2D eigenvalue weighted by molar-refractivity contribution is 7.12. The molecule has 2 N–H and O–H groups in total. The Bertz CT molecular complexity index is 441. The van der Waals surface area contributed by atoms with Gasteiger partial charge in [-0.05, 0) is 12.8 Å². The lowest BCUT2D eigenvalue weighted by molar-refractivity contribution is -0.139. The fourth-order valence-electron chi connectivity index (χ4n) is 1.32. The van der Waals surface area contributed by atoms with E-state index in [1.165, 1.54) is 18.4 Å². The summed E-state index contributed by atoms with van der Waals surface area (Å²) >= 11 is 1.21. The van der Waals surface area contributed by atoms with Crippen LogP contribution in [0.5, 0.6) is 5.75 Å². The van der Waals surface area contributed by atoms with Crippen LogP contribution in [0.15, 0.2) is 24.1 Å². The number of hydrogen-bond acceptors (Lipinski definition) is 4. The minimum atomic E-state index is -1.05. The first-order valence-corrected chi connectivity index (χ1v) is 6.23. The van der Waals surface area contributed by atoms with E-state index in [1.807, 2.05) is 0 Å². The Labute approximate surface area is 109 Å². The number of ether oxygens (including phenoxy) is 1. The van der Waals surface area contributed by atoms with Crippen molar-refractivity contribution in [3.63, 3.8) is 0 Å². The van der Waals surface area contributed by atoms with Crippen molar-refractivity contribution in [2.45, 2.75) is 18.9 Å². The van der Waals surface area contributed by atoms with Crippen LogP contribution in [0.25, 0.3) is 0 Å². The predicted molar refractivity (Wildman–Crippen MR) is 69.2 cm³/mol. The van der Waals surface area contributed by atoms with Crippen molar-refractivity contribution in [3.8, 4) is 5.75 Å². The molecule has 0 aliphatic rings. The quantitative estimate of drug-likeness (QED) is 0.741. The van der Waals surface area contributed by atoms with Crippen molar-refractivity contribution >= 4 is 23.2 Å². The highest BCUT2D eigenvalue weighted by atomic mass is 32.1. The molecule has 98 valence electrons. The van der Waals surface area contributed by atoms with Crippen molar-refractivity contribution in [3.05, 3.63) is 29.0 Å². The van der Waals surface area contributed by atoms with Gasteiger partial charge in [-0.2, -0.15) is 0 Å². The number of carboxylic acids is 1. The number of hydrogen-bond donors (Lipinski definition) is 2. The van der Waals surface area contributed by atoms with Crippen LogP contribution in [0.4, 0.5) is 0 Å². The first-order chi connectivity index (χ1) is 8.58. The first kappa shape index (κ1) is 14.2. The third kappa shape index (κ3) is 3.89. The van der Waals surface area contributed by atoms with E-state index in [2.05, 4.69) is 11.9 Å². The molecular weight excluding hydrogens is 254 g/mol. The molecule has 18 heavy (non-hydrogen) atoms. The molecule has 0 fully saturated rings. The lowest BCUT2D eigenvalue weighted by Gasteiger charge is -2.12. The summed E-state index contributed by atoms with van der Waals surface area (Å²) in [6, 6.07) is 0.676. The molecule has 5 nitrogen and oxygen atoms in total. The molecule has 1 heterocycles. The van der Waals surface area contributed by atoms with Crippen LogP contribution in [0.1, 0.15) is 22.5 Å².